The number of amides is 1. The van der Waals surface area contributed by atoms with E-state index in [-0.39, 0.29) is 29.2 Å². The van der Waals surface area contributed by atoms with Crippen LogP contribution in [0, 0.1) is 5.92 Å². The summed E-state index contributed by atoms with van der Waals surface area (Å²) >= 11 is 5.76. The smallest absolute Gasteiger partial charge is 0.238 e. The number of rotatable bonds is 2. The molecule has 3 rings (SSSR count). The lowest BCUT2D eigenvalue weighted by Crippen LogP contribution is -2.43. The first-order valence-corrected chi connectivity index (χ1v) is 8.44. The number of aliphatic hydroxyl groups is 1. The fourth-order valence-electron chi connectivity index (χ4n) is 3.63. The summed E-state index contributed by atoms with van der Waals surface area (Å²) < 4.78 is 0. The van der Waals surface area contributed by atoms with Crippen molar-refractivity contribution in [2.75, 3.05) is 12.4 Å². The number of aliphatic hydroxyl groups excluding tert-OH is 1. The van der Waals surface area contributed by atoms with Gasteiger partial charge in [-0.3, -0.25) is 9.59 Å². The average molecular weight is 334 g/mol. The summed E-state index contributed by atoms with van der Waals surface area (Å²) in [7, 11) is 0. The summed E-state index contributed by atoms with van der Waals surface area (Å²) in [6.07, 6.45) is 1.61. The van der Waals surface area contributed by atoms with E-state index in [1.165, 1.54) is 0 Å². The molecule has 1 amide bonds. The fraction of sp³-hybridized carbons (Fsp3) is 0.444. The molecule has 1 N–H and O–H groups in total. The van der Waals surface area contributed by atoms with E-state index in [0.717, 1.165) is 17.5 Å². The van der Waals surface area contributed by atoms with Gasteiger partial charge in [-0.15, -0.1) is 11.6 Å². The number of Topliss-reactive ketones (excluding diaryl/α,β-unsaturated/α-hetero) is 1. The van der Waals surface area contributed by atoms with E-state index in [4.69, 9.17) is 11.6 Å². The molecule has 2 atom stereocenters. The first-order valence-electron chi connectivity index (χ1n) is 7.91. The van der Waals surface area contributed by atoms with Gasteiger partial charge in [0, 0.05) is 19.4 Å². The molecule has 0 bridgehead atoms. The van der Waals surface area contributed by atoms with Crippen LogP contribution in [0.4, 0.5) is 0 Å². The summed E-state index contributed by atoms with van der Waals surface area (Å²) in [5, 5.41) is 10.4. The normalized spacial score (nSPS) is 24.6. The van der Waals surface area contributed by atoms with E-state index in [0.29, 0.717) is 25.0 Å². The molecule has 5 heteroatoms. The zero-order valence-electron chi connectivity index (χ0n) is 13.1. The highest BCUT2D eigenvalue weighted by atomic mass is 35.5. The Morgan fingerprint density at radius 1 is 1.35 bits per heavy atom. The summed E-state index contributed by atoms with van der Waals surface area (Å²) in [4.78, 5) is 26.5. The lowest BCUT2D eigenvalue weighted by molar-refractivity contribution is -0.131. The van der Waals surface area contributed by atoms with Crippen molar-refractivity contribution in [3.8, 4) is 0 Å². The summed E-state index contributed by atoms with van der Waals surface area (Å²) in [5.41, 5.74) is 2.40. The minimum absolute atomic E-state index is 0.0738. The Labute approximate surface area is 140 Å². The van der Waals surface area contributed by atoms with Gasteiger partial charge >= 0.3 is 0 Å². The number of ketones is 1. The van der Waals surface area contributed by atoms with Crippen molar-refractivity contribution in [2.45, 2.75) is 32.2 Å². The SMILES string of the molecule is C[C@@H]1CC(=O)C([C@H]2c3ccccc3CCN2C(=O)CCl)=C(O)C1. The van der Waals surface area contributed by atoms with Crippen molar-refractivity contribution in [2.24, 2.45) is 5.92 Å². The second-order valence-electron chi connectivity index (χ2n) is 6.37. The Kier molecular flexibility index (Phi) is 4.44. The third-order valence-electron chi connectivity index (χ3n) is 4.68. The maximum atomic E-state index is 12.6. The monoisotopic (exact) mass is 333 g/mol. The van der Waals surface area contributed by atoms with Gasteiger partial charge in [-0.2, -0.15) is 0 Å². The quantitative estimate of drug-likeness (QED) is 0.846. The Bertz CT molecular complexity index is 683. The topological polar surface area (TPSA) is 57.6 Å². The van der Waals surface area contributed by atoms with Gasteiger partial charge in [0.05, 0.1) is 11.6 Å². The van der Waals surface area contributed by atoms with Crippen LogP contribution < -0.4 is 0 Å². The highest BCUT2D eigenvalue weighted by Gasteiger charge is 2.39. The van der Waals surface area contributed by atoms with E-state index in [1.54, 1.807) is 4.90 Å². The van der Waals surface area contributed by atoms with Crippen LogP contribution in [-0.4, -0.2) is 34.1 Å². The van der Waals surface area contributed by atoms with Crippen molar-refractivity contribution in [3.05, 3.63) is 46.7 Å². The molecule has 23 heavy (non-hydrogen) atoms. The number of fused-ring (bicyclic) bond motifs is 1. The molecule has 0 fully saturated rings. The number of hydrogen-bond donors (Lipinski definition) is 1. The number of nitrogens with zero attached hydrogens (tertiary/aromatic N) is 1. The molecule has 0 radical (unpaired) electrons. The molecule has 0 aromatic heterocycles. The predicted octanol–water partition coefficient (Wildman–Crippen LogP) is 3.16. The van der Waals surface area contributed by atoms with Gasteiger partial charge in [0.25, 0.3) is 0 Å². The largest absolute Gasteiger partial charge is 0.512 e. The third kappa shape index (κ3) is 2.88. The summed E-state index contributed by atoms with van der Waals surface area (Å²) in [6.45, 7) is 2.45. The molecular formula is C18H20ClNO3. The first-order chi connectivity index (χ1) is 11.0. The predicted molar refractivity (Wildman–Crippen MR) is 88.4 cm³/mol. The molecule has 0 saturated heterocycles. The van der Waals surface area contributed by atoms with Crippen LogP contribution in [0.15, 0.2) is 35.6 Å². The number of carbonyl (C=O) groups is 2. The van der Waals surface area contributed by atoms with Gasteiger partial charge in [0.2, 0.25) is 5.91 Å². The zero-order valence-corrected chi connectivity index (χ0v) is 13.8. The number of benzene rings is 1. The van der Waals surface area contributed by atoms with E-state index in [9.17, 15) is 14.7 Å². The van der Waals surface area contributed by atoms with Crippen molar-refractivity contribution in [3.63, 3.8) is 0 Å². The van der Waals surface area contributed by atoms with E-state index in [2.05, 4.69) is 0 Å². The molecule has 0 saturated carbocycles. The molecule has 4 nitrogen and oxygen atoms in total. The lowest BCUT2D eigenvalue weighted by atomic mass is 9.79. The van der Waals surface area contributed by atoms with Crippen LogP contribution in [0.1, 0.15) is 36.9 Å². The van der Waals surface area contributed by atoms with E-state index < -0.39 is 6.04 Å². The Morgan fingerprint density at radius 3 is 2.78 bits per heavy atom. The number of carbonyl (C=O) groups excluding carboxylic acids is 2. The van der Waals surface area contributed by atoms with Crippen molar-refractivity contribution < 1.29 is 14.7 Å². The van der Waals surface area contributed by atoms with Crippen LogP contribution in [0.5, 0.6) is 0 Å². The second-order valence-corrected chi connectivity index (χ2v) is 6.64. The Morgan fingerprint density at radius 2 is 2.09 bits per heavy atom. The molecule has 1 aliphatic heterocycles. The zero-order chi connectivity index (χ0) is 16.6. The summed E-state index contributed by atoms with van der Waals surface area (Å²) in [6, 6.07) is 7.27. The number of halogens is 1. The highest BCUT2D eigenvalue weighted by Crippen LogP contribution is 2.40. The molecule has 2 aliphatic rings. The molecule has 1 aromatic carbocycles. The molecule has 1 aliphatic carbocycles. The Balaban J connectivity index is 2.13. The minimum atomic E-state index is -0.522. The van der Waals surface area contributed by atoms with E-state index >= 15 is 0 Å². The highest BCUT2D eigenvalue weighted by molar-refractivity contribution is 6.27. The number of alkyl halides is 1. The minimum Gasteiger partial charge on any atom is -0.512 e. The van der Waals surface area contributed by atoms with Crippen LogP contribution in [0.3, 0.4) is 0 Å². The van der Waals surface area contributed by atoms with Crippen LogP contribution >= 0.6 is 11.6 Å². The van der Waals surface area contributed by atoms with Crippen LogP contribution in [0.25, 0.3) is 0 Å². The summed E-state index contributed by atoms with van der Waals surface area (Å²) in [5.74, 6) is -0.171. The van der Waals surface area contributed by atoms with Gasteiger partial charge in [-0.1, -0.05) is 31.2 Å². The molecule has 1 heterocycles. The van der Waals surface area contributed by atoms with Crippen LogP contribution in [-0.2, 0) is 16.0 Å². The van der Waals surface area contributed by atoms with Gasteiger partial charge in [-0.25, -0.2) is 0 Å². The molecule has 0 spiro atoms. The molecule has 1 aromatic rings. The fourth-order valence-corrected chi connectivity index (χ4v) is 3.79. The van der Waals surface area contributed by atoms with Crippen molar-refractivity contribution in [1.82, 2.24) is 4.90 Å². The standard InChI is InChI=1S/C18H20ClNO3/c1-11-8-14(21)17(15(22)9-11)18-13-5-3-2-4-12(13)6-7-20(18)16(23)10-19/h2-5,11,18,21H,6-10H2,1H3/t11-,18+/m0/s1. The second kappa shape index (κ2) is 6.36. The van der Waals surface area contributed by atoms with Crippen molar-refractivity contribution >= 4 is 23.3 Å². The molecule has 122 valence electrons. The maximum Gasteiger partial charge on any atom is 0.238 e. The molecular weight excluding hydrogens is 314 g/mol. The van der Waals surface area contributed by atoms with E-state index in [1.807, 2.05) is 31.2 Å². The van der Waals surface area contributed by atoms with Gasteiger partial charge in [-0.05, 0) is 23.5 Å². The van der Waals surface area contributed by atoms with Gasteiger partial charge < -0.3 is 10.0 Å². The molecule has 0 unspecified atom stereocenters. The van der Waals surface area contributed by atoms with Gasteiger partial charge in [0.15, 0.2) is 5.78 Å². The first kappa shape index (κ1) is 16.1. The maximum absolute atomic E-state index is 12.6. The lowest BCUT2D eigenvalue weighted by Gasteiger charge is -2.39. The number of hydrogen-bond acceptors (Lipinski definition) is 3. The third-order valence-corrected chi connectivity index (χ3v) is 4.91. The van der Waals surface area contributed by atoms with Crippen LogP contribution in [0.2, 0.25) is 0 Å². The average Bonchev–Trinajstić information content (AvgIpc) is 2.53. The van der Waals surface area contributed by atoms with Crippen molar-refractivity contribution in [1.29, 1.82) is 0 Å². The Hall–Kier alpha value is -1.81. The van der Waals surface area contributed by atoms with Gasteiger partial charge in [0.1, 0.15) is 11.6 Å². The number of allylic oxidation sites excluding steroid dienone is 1.